The Morgan fingerprint density at radius 3 is 2.50 bits per heavy atom. The molecule has 1 amide bonds. The van der Waals surface area contributed by atoms with E-state index in [0.29, 0.717) is 10.8 Å². The third-order valence-electron chi connectivity index (χ3n) is 3.51. The number of nitrogens with one attached hydrogen (secondary N) is 1. The van der Waals surface area contributed by atoms with E-state index in [-0.39, 0.29) is 17.1 Å². The van der Waals surface area contributed by atoms with Crippen LogP contribution in [-0.4, -0.2) is 37.1 Å². The molecular formula is C18H17ClN2O7. The SMILES string of the molecule is COc1ccc([N+](=O)[O-])cc1NC(=O)COC(=O)COc1ccc(Cl)cc1C. The maximum Gasteiger partial charge on any atom is 0.344 e. The van der Waals surface area contributed by atoms with Gasteiger partial charge in [-0.05, 0) is 36.8 Å². The fourth-order valence-corrected chi connectivity index (χ4v) is 2.42. The number of rotatable bonds is 8. The summed E-state index contributed by atoms with van der Waals surface area (Å²) < 4.78 is 15.2. The fraction of sp³-hybridized carbons (Fsp3) is 0.222. The minimum atomic E-state index is -0.754. The van der Waals surface area contributed by atoms with Crippen LogP contribution in [0.2, 0.25) is 5.02 Å². The number of hydrogen-bond acceptors (Lipinski definition) is 7. The first-order valence-corrected chi connectivity index (χ1v) is 8.35. The molecule has 0 saturated carbocycles. The molecule has 0 unspecified atom stereocenters. The Kier molecular flexibility index (Phi) is 7.16. The van der Waals surface area contributed by atoms with Crippen LogP contribution in [0.3, 0.4) is 0 Å². The summed E-state index contributed by atoms with van der Waals surface area (Å²) in [6, 6.07) is 8.65. The first kappa shape index (κ1) is 21.0. The molecule has 0 radical (unpaired) electrons. The number of halogens is 1. The zero-order valence-corrected chi connectivity index (χ0v) is 15.8. The molecule has 28 heavy (non-hydrogen) atoms. The minimum Gasteiger partial charge on any atom is -0.495 e. The van der Waals surface area contributed by atoms with Gasteiger partial charge in [-0.1, -0.05) is 11.6 Å². The van der Waals surface area contributed by atoms with Crippen molar-refractivity contribution >= 4 is 34.9 Å². The molecular weight excluding hydrogens is 392 g/mol. The Hall–Kier alpha value is -3.33. The Labute approximate surface area is 165 Å². The highest BCUT2D eigenvalue weighted by molar-refractivity contribution is 6.30. The molecule has 0 aromatic heterocycles. The number of carbonyl (C=O) groups is 2. The highest BCUT2D eigenvalue weighted by atomic mass is 35.5. The van der Waals surface area contributed by atoms with Crippen molar-refractivity contribution in [1.82, 2.24) is 0 Å². The second-order valence-corrected chi connectivity index (χ2v) is 5.99. The number of aryl methyl sites for hydroxylation is 1. The van der Waals surface area contributed by atoms with Gasteiger partial charge in [0.15, 0.2) is 13.2 Å². The Morgan fingerprint density at radius 1 is 1.14 bits per heavy atom. The van der Waals surface area contributed by atoms with E-state index in [1.54, 1.807) is 25.1 Å². The number of anilines is 1. The molecule has 0 bridgehead atoms. The third kappa shape index (κ3) is 5.85. The molecule has 0 saturated heterocycles. The molecule has 0 heterocycles. The van der Waals surface area contributed by atoms with Crippen molar-refractivity contribution in [2.45, 2.75) is 6.92 Å². The summed E-state index contributed by atoms with van der Waals surface area (Å²) in [7, 11) is 1.35. The number of benzene rings is 2. The van der Waals surface area contributed by atoms with Crippen molar-refractivity contribution < 1.29 is 28.7 Å². The summed E-state index contributed by atoms with van der Waals surface area (Å²) in [6.07, 6.45) is 0. The van der Waals surface area contributed by atoms with E-state index < -0.39 is 30.0 Å². The average Bonchev–Trinajstić information content (AvgIpc) is 2.65. The van der Waals surface area contributed by atoms with Crippen LogP contribution in [0.1, 0.15) is 5.56 Å². The average molecular weight is 409 g/mol. The lowest BCUT2D eigenvalue weighted by Gasteiger charge is -2.11. The van der Waals surface area contributed by atoms with Gasteiger partial charge in [-0.25, -0.2) is 4.79 Å². The van der Waals surface area contributed by atoms with Crippen molar-refractivity contribution in [1.29, 1.82) is 0 Å². The van der Waals surface area contributed by atoms with E-state index in [4.69, 9.17) is 25.8 Å². The summed E-state index contributed by atoms with van der Waals surface area (Å²) in [4.78, 5) is 34.0. The van der Waals surface area contributed by atoms with Crippen molar-refractivity contribution in [3.63, 3.8) is 0 Å². The zero-order valence-electron chi connectivity index (χ0n) is 15.1. The molecule has 0 fully saturated rings. The Balaban J connectivity index is 1.87. The van der Waals surface area contributed by atoms with E-state index >= 15 is 0 Å². The topological polar surface area (TPSA) is 117 Å². The maximum atomic E-state index is 12.0. The van der Waals surface area contributed by atoms with Crippen molar-refractivity contribution in [3.8, 4) is 11.5 Å². The van der Waals surface area contributed by atoms with E-state index in [0.717, 1.165) is 11.6 Å². The molecule has 1 N–H and O–H groups in total. The van der Waals surface area contributed by atoms with E-state index in [2.05, 4.69) is 5.32 Å². The highest BCUT2D eigenvalue weighted by Gasteiger charge is 2.15. The van der Waals surface area contributed by atoms with Crippen LogP contribution in [0.15, 0.2) is 36.4 Å². The predicted octanol–water partition coefficient (Wildman–Crippen LogP) is 3.13. The predicted molar refractivity (Wildman–Crippen MR) is 101 cm³/mol. The van der Waals surface area contributed by atoms with Crippen LogP contribution in [0, 0.1) is 17.0 Å². The number of carbonyl (C=O) groups excluding carboxylic acids is 2. The summed E-state index contributed by atoms with van der Waals surface area (Å²) in [6.45, 7) is 0.788. The number of nitrogens with zero attached hydrogens (tertiary/aromatic N) is 1. The smallest absolute Gasteiger partial charge is 0.344 e. The molecule has 2 aromatic rings. The monoisotopic (exact) mass is 408 g/mol. The summed E-state index contributed by atoms with van der Waals surface area (Å²) in [5, 5.41) is 13.8. The van der Waals surface area contributed by atoms with Crippen LogP contribution < -0.4 is 14.8 Å². The van der Waals surface area contributed by atoms with Gasteiger partial charge < -0.3 is 19.5 Å². The molecule has 0 aliphatic carbocycles. The fourth-order valence-electron chi connectivity index (χ4n) is 2.19. The third-order valence-corrected chi connectivity index (χ3v) is 3.75. The van der Waals surface area contributed by atoms with Gasteiger partial charge in [0.25, 0.3) is 11.6 Å². The molecule has 0 aliphatic heterocycles. The molecule has 0 atom stereocenters. The quantitative estimate of drug-likeness (QED) is 0.405. The van der Waals surface area contributed by atoms with E-state index in [9.17, 15) is 19.7 Å². The van der Waals surface area contributed by atoms with Gasteiger partial charge in [-0.15, -0.1) is 0 Å². The van der Waals surface area contributed by atoms with Gasteiger partial charge in [0.1, 0.15) is 11.5 Å². The highest BCUT2D eigenvalue weighted by Crippen LogP contribution is 2.28. The normalized spacial score (nSPS) is 10.1. The van der Waals surface area contributed by atoms with Crippen molar-refractivity contribution in [3.05, 3.63) is 57.1 Å². The van der Waals surface area contributed by atoms with Gasteiger partial charge in [0, 0.05) is 17.2 Å². The van der Waals surface area contributed by atoms with Crippen LogP contribution in [0.25, 0.3) is 0 Å². The van der Waals surface area contributed by atoms with Gasteiger partial charge in [0.05, 0.1) is 17.7 Å². The molecule has 2 aromatic carbocycles. The van der Waals surface area contributed by atoms with E-state index in [1.165, 1.54) is 19.2 Å². The lowest BCUT2D eigenvalue weighted by atomic mass is 10.2. The maximum absolute atomic E-state index is 12.0. The second kappa shape index (κ2) is 9.56. The first-order valence-electron chi connectivity index (χ1n) is 7.97. The minimum absolute atomic E-state index is 0.0887. The molecule has 0 spiro atoms. The number of methoxy groups -OCH3 is 1. The number of amides is 1. The summed E-state index contributed by atoms with van der Waals surface area (Å²) >= 11 is 5.84. The molecule has 2 rings (SSSR count). The van der Waals surface area contributed by atoms with Crippen molar-refractivity contribution in [2.24, 2.45) is 0 Å². The van der Waals surface area contributed by atoms with Gasteiger partial charge in [0.2, 0.25) is 0 Å². The van der Waals surface area contributed by atoms with Crippen LogP contribution in [0.5, 0.6) is 11.5 Å². The second-order valence-electron chi connectivity index (χ2n) is 5.55. The molecule has 148 valence electrons. The Morgan fingerprint density at radius 2 is 1.86 bits per heavy atom. The number of ether oxygens (including phenoxy) is 3. The molecule has 10 heteroatoms. The van der Waals surface area contributed by atoms with Gasteiger partial charge >= 0.3 is 5.97 Å². The number of nitro benzene ring substituents is 1. The number of non-ortho nitro benzene ring substituents is 1. The van der Waals surface area contributed by atoms with Gasteiger partial charge in [-0.2, -0.15) is 0 Å². The number of esters is 1. The molecule has 9 nitrogen and oxygen atoms in total. The zero-order chi connectivity index (χ0) is 20.7. The standard InChI is InChI=1S/C18H17ClN2O7/c1-11-7-12(19)3-5-15(11)27-10-18(23)28-9-17(22)20-14-8-13(21(24)25)4-6-16(14)26-2/h3-8H,9-10H2,1-2H3,(H,20,22). The summed E-state index contributed by atoms with van der Waals surface area (Å²) in [5.74, 6) is -0.746. The lowest BCUT2D eigenvalue weighted by Crippen LogP contribution is -2.24. The number of nitro groups is 1. The molecule has 0 aliphatic rings. The van der Waals surface area contributed by atoms with Crippen LogP contribution in [0.4, 0.5) is 11.4 Å². The number of hydrogen-bond donors (Lipinski definition) is 1. The van der Waals surface area contributed by atoms with Crippen molar-refractivity contribution in [2.75, 3.05) is 25.6 Å². The largest absolute Gasteiger partial charge is 0.495 e. The van der Waals surface area contributed by atoms with Crippen LogP contribution in [-0.2, 0) is 14.3 Å². The Bertz CT molecular complexity index is 901. The lowest BCUT2D eigenvalue weighted by molar-refractivity contribution is -0.384. The van der Waals surface area contributed by atoms with Gasteiger partial charge in [-0.3, -0.25) is 14.9 Å². The first-order chi connectivity index (χ1) is 13.3. The van der Waals surface area contributed by atoms with E-state index in [1.807, 2.05) is 0 Å². The van der Waals surface area contributed by atoms with Crippen LogP contribution >= 0.6 is 11.6 Å². The summed E-state index contributed by atoms with van der Waals surface area (Å²) in [5.41, 5.74) is 0.612.